The summed E-state index contributed by atoms with van der Waals surface area (Å²) in [5.74, 6) is 3.14. The van der Waals surface area contributed by atoms with Crippen molar-refractivity contribution >= 4 is 23.5 Å². The van der Waals surface area contributed by atoms with E-state index in [1.807, 2.05) is 4.90 Å². The molecule has 2 aromatic rings. The number of carbonyl (C=O) groups is 1. The molecule has 0 aliphatic carbocycles. The normalized spacial score (nSPS) is 18.1. The standard InChI is InChI=1S/C20H28N6O3S/c1-13-14(2)21-18(22-19(13)26-8-10-28-11-9-26)16-4-6-25(7-5-16)17(27)12-30-20-24-23-15(3)29-20/h16H,4-12H2,1-3H3. The second-order valence-corrected chi connectivity index (χ2v) is 8.67. The van der Waals surface area contributed by atoms with Crippen LogP contribution in [0.3, 0.4) is 0 Å². The first-order chi connectivity index (χ1) is 14.5. The summed E-state index contributed by atoms with van der Waals surface area (Å²) in [4.78, 5) is 26.5. The van der Waals surface area contributed by atoms with Crippen LogP contribution in [0.25, 0.3) is 0 Å². The van der Waals surface area contributed by atoms with Crippen LogP contribution in [0.5, 0.6) is 0 Å². The molecule has 0 N–H and O–H groups in total. The molecule has 2 aliphatic rings. The van der Waals surface area contributed by atoms with Crippen molar-refractivity contribution in [2.24, 2.45) is 0 Å². The highest BCUT2D eigenvalue weighted by atomic mass is 32.2. The van der Waals surface area contributed by atoms with Gasteiger partial charge in [0.15, 0.2) is 0 Å². The molecule has 9 nitrogen and oxygen atoms in total. The maximum Gasteiger partial charge on any atom is 0.277 e. The van der Waals surface area contributed by atoms with E-state index in [0.717, 1.165) is 75.1 Å². The zero-order valence-electron chi connectivity index (χ0n) is 17.8. The summed E-state index contributed by atoms with van der Waals surface area (Å²) in [5.41, 5.74) is 2.17. The summed E-state index contributed by atoms with van der Waals surface area (Å²) in [5, 5.41) is 8.15. The first-order valence-corrected chi connectivity index (χ1v) is 11.4. The molecule has 2 fully saturated rings. The topological polar surface area (TPSA) is 97.5 Å². The average Bonchev–Trinajstić information content (AvgIpc) is 3.19. The van der Waals surface area contributed by atoms with E-state index in [2.05, 4.69) is 28.9 Å². The number of piperidine rings is 1. The third-order valence-electron chi connectivity index (χ3n) is 5.73. The molecule has 30 heavy (non-hydrogen) atoms. The molecule has 10 heteroatoms. The van der Waals surface area contributed by atoms with Crippen molar-refractivity contribution in [3.63, 3.8) is 0 Å². The van der Waals surface area contributed by atoms with E-state index in [1.165, 1.54) is 11.8 Å². The van der Waals surface area contributed by atoms with Gasteiger partial charge in [-0.25, -0.2) is 9.97 Å². The summed E-state index contributed by atoms with van der Waals surface area (Å²) >= 11 is 1.29. The first kappa shape index (κ1) is 21.0. The third-order valence-corrected chi connectivity index (χ3v) is 6.53. The monoisotopic (exact) mass is 432 g/mol. The van der Waals surface area contributed by atoms with Crippen LogP contribution < -0.4 is 4.90 Å². The number of thioether (sulfide) groups is 1. The Morgan fingerprint density at radius 2 is 1.80 bits per heavy atom. The van der Waals surface area contributed by atoms with Gasteiger partial charge in [0, 0.05) is 50.3 Å². The molecule has 4 heterocycles. The Labute approximate surface area is 180 Å². The number of carbonyl (C=O) groups excluding carboxylic acids is 1. The van der Waals surface area contributed by atoms with Gasteiger partial charge < -0.3 is 19.0 Å². The van der Waals surface area contributed by atoms with E-state index < -0.39 is 0 Å². The molecule has 162 valence electrons. The van der Waals surface area contributed by atoms with Gasteiger partial charge in [0.05, 0.1) is 19.0 Å². The molecule has 4 rings (SSSR count). The maximum absolute atomic E-state index is 12.5. The van der Waals surface area contributed by atoms with Gasteiger partial charge in [-0.2, -0.15) is 0 Å². The molecule has 2 aromatic heterocycles. The van der Waals surface area contributed by atoms with E-state index in [4.69, 9.17) is 19.1 Å². The number of hydrogen-bond donors (Lipinski definition) is 0. The van der Waals surface area contributed by atoms with Crippen LogP contribution in [0.15, 0.2) is 9.64 Å². The molecule has 0 spiro atoms. The number of hydrogen-bond acceptors (Lipinski definition) is 9. The molecule has 2 aliphatic heterocycles. The first-order valence-electron chi connectivity index (χ1n) is 10.4. The number of anilines is 1. The van der Waals surface area contributed by atoms with E-state index in [0.29, 0.717) is 16.9 Å². The lowest BCUT2D eigenvalue weighted by atomic mass is 9.95. The fourth-order valence-corrected chi connectivity index (χ4v) is 4.55. The van der Waals surface area contributed by atoms with E-state index >= 15 is 0 Å². The van der Waals surface area contributed by atoms with Crippen molar-refractivity contribution in [1.82, 2.24) is 25.1 Å². The van der Waals surface area contributed by atoms with Crippen molar-refractivity contribution in [1.29, 1.82) is 0 Å². The minimum Gasteiger partial charge on any atom is -0.416 e. The lowest BCUT2D eigenvalue weighted by Gasteiger charge is -2.33. The van der Waals surface area contributed by atoms with Crippen LogP contribution in [0.1, 0.15) is 41.7 Å². The van der Waals surface area contributed by atoms with Crippen LogP contribution in [0.2, 0.25) is 0 Å². The van der Waals surface area contributed by atoms with E-state index in [9.17, 15) is 4.79 Å². The minimum absolute atomic E-state index is 0.101. The summed E-state index contributed by atoms with van der Waals surface area (Å²) < 4.78 is 10.8. The van der Waals surface area contributed by atoms with Crippen molar-refractivity contribution in [2.75, 3.05) is 50.0 Å². The number of rotatable bonds is 5. The van der Waals surface area contributed by atoms with Gasteiger partial charge in [0.25, 0.3) is 5.22 Å². The number of aryl methyl sites for hydroxylation is 2. The highest BCUT2D eigenvalue weighted by Crippen LogP contribution is 2.30. The Bertz CT molecular complexity index is 891. The molecule has 2 saturated heterocycles. The SMILES string of the molecule is Cc1nnc(SCC(=O)N2CCC(c3nc(C)c(C)c(N4CCOCC4)n3)CC2)o1. The molecule has 0 atom stereocenters. The van der Waals surface area contributed by atoms with Gasteiger partial charge in [0.1, 0.15) is 11.6 Å². The zero-order chi connectivity index (χ0) is 21.1. The van der Waals surface area contributed by atoms with Gasteiger partial charge in [-0.05, 0) is 26.7 Å². The molecular weight excluding hydrogens is 404 g/mol. The summed E-state index contributed by atoms with van der Waals surface area (Å²) in [6, 6.07) is 0. The minimum atomic E-state index is 0.101. The van der Waals surface area contributed by atoms with Gasteiger partial charge in [-0.1, -0.05) is 11.8 Å². The molecular formula is C20H28N6O3S. The quantitative estimate of drug-likeness (QED) is 0.658. The zero-order valence-corrected chi connectivity index (χ0v) is 18.6. The summed E-state index contributed by atoms with van der Waals surface area (Å²) in [6.45, 7) is 10.5. The van der Waals surface area contributed by atoms with Crippen molar-refractivity contribution in [3.8, 4) is 0 Å². The van der Waals surface area contributed by atoms with Crippen LogP contribution in [-0.4, -0.2) is 76.1 Å². The Morgan fingerprint density at radius 1 is 1.07 bits per heavy atom. The van der Waals surface area contributed by atoms with Gasteiger partial charge in [-0.3, -0.25) is 4.79 Å². The summed E-state index contributed by atoms with van der Waals surface area (Å²) in [7, 11) is 0. The predicted molar refractivity (Wildman–Crippen MR) is 113 cm³/mol. The number of morpholine rings is 1. The Hall–Kier alpha value is -2.20. The smallest absolute Gasteiger partial charge is 0.277 e. The molecule has 0 saturated carbocycles. The lowest BCUT2D eigenvalue weighted by Crippen LogP contribution is -2.40. The maximum atomic E-state index is 12.5. The Balaban J connectivity index is 1.36. The number of nitrogens with zero attached hydrogens (tertiary/aromatic N) is 6. The predicted octanol–water partition coefficient (Wildman–Crippen LogP) is 2.12. The molecule has 1 amide bonds. The highest BCUT2D eigenvalue weighted by molar-refractivity contribution is 7.99. The fourth-order valence-electron chi connectivity index (χ4n) is 3.84. The average molecular weight is 433 g/mol. The van der Waals surface area contributed by atoms with Crippen molar-refractivity contribution in [2.45, 2.75) is 44.8 Å². The van der Waals surface area contributed by atoms with E-state index in [1.54, 1.807) is 6.92 Å². The van der Waals surface area contributed by atoms with Gasteiger partial charge in [-0.15, -0.1) is 10.2 Å². The van der Waals surface area contributed by atoms with Crippen LogP contribution >= 0.6 is 11.8 Å². The number of aromatic nitrogens is 4. The van der Waals surface area contributed by atoms with Crippen LogP contribution in [-0.2, 0) is 9.53 Å². The molecule has 0 bridgehead atoms. The molecule has 0 aromatic carbocycles. The second-order valence-electron chi connectivity index (χ2n) is 7.75. The van der Waals surface area contributed by atoms with Crippen molar-refractivity contribution in [3.05, 3.63) is 23.0 Å². The highest BCUT2D eigenvalue weighted by Gasteiger charge is 2.27. The third kappa shape index (κ3) is 4.75. The lowest BCUT2D eigenvalue weighted by molar-refractivity contribution is -0.129. The van der Waals surface area contributed by atoms with E-state index in [-0.39, 0.29) is 11.8 Å². The number of amides is 1. The second kappa shape index (κ2) is 9.30. The largest absolute Gasteiger partial charge is 0.416 e. The Morgan fingerprint density at radius 3 is 2.47 bits per heavy atom. The Kier molecular flexibility index (Phi) is 6.52. The number of ether oxygens (including phenoxy) is 1. The van der Waals surface area contributed by atoms with Gasteiger partial charge >= 0.3 is 0 Å². The fraction of sp³-hybridized carbons (Fsp3) is 0.650. The van der Waals surface area contributed by atoms with Crippen LogP contribution in [0.4, 0.5) is 5.82 Å². The molecule has 0 radical (unpaired) electrons. The summed E-state index contributed by atoms with van der Waals surface area (Å²) in [6.07, 6.45) is 1.75. The van der Waals surface area contributed by atoms with Gasteiger partial charge in [0.2, 0.25) is 11.8 Å². The number of likely N-dealkylation sites (tertiary alicyclic amines) is 1. The van der Waals surface area contributed by atoms with Crippen LogP contribution in [0, 0.1) is 20.8 Å². The van der Waals surface area contributed by atoms with Crippen molar-refractivity contribution < 1.29 is 13.9 Å². The molecule has 0 unspecified atom stereocenters.